The molecular weight excluding hydrogens is 294 g/mol. The standard InChI is InChI=1S/C13H23N3O4S/c1-3-6-16-9-12(15-11(16)2)21(18,19)14-10-13(17)4-7-20-8-5-13/h9,14,17H,3-8,10H2,1-2H3. The van der Waals surface area contributed by atoms with Gasteiger partial charge in [0, 0.05) is 45.3 Å². The van der Waals surface area contributed by atoms with Gasteiger partial charge in [0.25, 0.3) is 10.0 Å². The summed E-state index contributed by atoms with van der Waals surface area (Å²) in [6, 6.07) is 0. The van der Waals surface area contributed by atoms with E-state index in [1.165, 1.54) is 6.20 Å². The van der Waals surface area contributed by atoms with Crippen molar-refractivity contribution in [2.45, 2.75) is 50.3 Å². The molecule has 0 aliphatic carbocycles. The lowest BCUT2D eigenvalue weighted by molar-refractivity contribution is -0.0588. The number of aliphatic hydroxyl groups is 1. The fourth-order valence-electron chi connectivity index (χ4n) is 2.31. The molecule has 8 heteroatoms. The Hall–Kier alpha value is -0.960. The Morgan fingerprint density at radius 2 is 2.14 bits per heavy atom. The number of hydrogen-bond donors (Lipinski definition) is 2. The Kier molecular flexibility index (Phi) is 5.03. The first-order valence-corrected chi connectivity index (χ1v) is 8.68. The highest BCUT2D eigenvalue weighted by molar-refractivity contribution is 7.89. The normalized spacial score (nSPS) is 18.8. The second kappa shape index (κ2) is 6.43. The summed E-state index contributed by atoms with van der Waals surface area (Å²) in [5.41, 5.74) is -1.04. The number of nitrogens with one attached hydrogen (secondary N) is 1. The van der Waals surface area contributed by atoms with E-state index in [1.54, 1.807) is 6.92 Å². The first kappa shape index (κ1) is 16.4. The highest BCUT2D eigenvalue weighted by Gasteiger charge is 2.32. The Bertz CT molecular complexity index is 576. The monoisotopic (exact) mass is 317 g/mol. The second-order valence-electron chi connectivity index (χ2n) is 5.48. The molecule has 1 aromatic rings. The minimum absolute atomic E-state index is 0.00381. The third-order valence-electron chi connectivity index (χ3n) is 3.71. The zero-order valence-electron chi connectivity index (χ0n) is 12.5. The van der Waals surface area contributed by atoms with E-state index < -0.39 is 15.6 Å². The Morgan fingerprint density at radius 1 is 1.48 bits per heavy atom. The minimum Gasteiger partial charge on any atom is -0.388 e. The number of hydrogen-bond acceptors (Lipinski definition) is 5. The number of rotatable bonds is 6. The van der Waals surface area contributed by atoms with Gasteiger partial charge in [0.1, 0.15) is 5.82 Å². The Balaban J connectivity index is 2.06. The van der Waals surface area contributed by atoms with Crippen molar-refractivity contribution in [1.29, 1.82) is 0 Å². The maximum absolute atomic E-state index is 12.3. The van der Waals surface area contributed by atoms with Gasteiger partial charge in [0.2, 0.25) is 0 Å². The second-order valence-corrected chi connectivity index (χ2v) is 7.19. The first-order chi connectivity index (χ1) is 9.86. The molecule has 0 radical (unpaired) electrons. The maximum Gasteiger partial charge on any atom is 0.259 e. The van der Waals surface area contributed by atoms with E-state index in [-0.39, 0.29) is 11.6 Å². The van der Waals surface area contributed by atoms with Crippen molar-refractivity contribution in [3.63, 3.8) is 0 Å². The summed E-state index contributed by atoms with van der Waals surface area (Å²) in [5.74, 6) is 0.669. The molecule has 7 nitrogen and oxygen atoms in total. The van der Waals surface area contributed by atoms with Crippen LogP contribution in [0.2, 0.25) is 0 Å². The van der Waals surface area contributed by atoms with Crippen molar-refractivity contribution in [2.75, 3.05) is 19.8 Å². The van der Waals surface area contributed by atoms with E-state index in [0.717, 1.165) is 13.0 Å². The molecule has 1 aliphatic heterocycles. The van der Waals surface area contributed by atoms with E-state index in [9.17, 15) is 13.5 Å². The predicted molar refractivity (Wildman–Crippen MR) is 77.4 cm³/mol. The Morgan fingerprint density at radius 3 is 2.76 bits per heavy atom. The summed E-state index contributed by atoms with van der Waals surface area (Å²) in [6.07, 6.45) is 3.30. The smallest absolute Gasteiger partial charge is 0.259 e. The van der Waals surface area contributed by atoms with Gasteiger partial charge in [-0.1, -0.05) is 6.92 Å². The lowest BCUT2D eigenvalue weighted by Crippen LogP contribution is -2.46. The number of sulfonamides is 1. The lowest BCUT2D eigenvalue weighted by Gasteiger charge is -2.31. The van der Waals surface area contributed by atoms with Crippen LogP contribution in [0.25, 0.3) is 0 Å². The van der Waals surface area contributed by atoms with Crippen LogP contribution in [0.3, 0.4) is 0 Å². The highest BCUT2D eigenvalue weighted by Crippen LogP contribution is 2.20. The van der Waals surface area contributed by atoms with Crippen molar-refractivity contribution >= 4 is 10.0 Å². The van der Waals surface area contributed by atoms with Gasteiger partial charge in [-0.3, -0.25) is 0 Å². The van der Waals surface area contributed by atoms with E-state index in [4.69, 9.17) is 4.74 Å². The van der Waals surface area contributed by atoms with Crippen LogP contribution in [-0.4, -0.2) is 48.4 Å². The van der Waals surface area contributed by atoms with Crippen LogP contribution < -0.4 is 4.72 Å². The van der Waals surface area contributed by atoms with Gasteiger partial charge in [-0.05, 0) is 13.3 Å². The average molecular weight is 317 g/mol. The van der Waals surface area contributed by atoms with Crippen LogP contribution in [0.4, 0.5) is 0 Å². The number of nitrogens with zero attached hydrogens (tertiary/aromatic N) is 2. The van der Waals surface area contributed by atoms with Gasteiger partial charge in [0.05, 0.1) is 5.60 Å². The summed E-state index contributed by atoms with van der Waals surface area (Å²) >= 11 is 0. The number of aromatic nitrogens is 2. The quantitative estimate of drug-likeness (QED) is 0.793. The van der Waals surface area contributed by atoms with Gasteiger partial charge < -0.3 is 14.4 Å². The third kappa shape index (κ3) is 4.03. The molecule has 0 atom stereocenters. The molecule has 0 spiro atoms. The molecule has 2 heterocycles. The van der Waals surface area contributed by atoms with E-state index in [2.05, 4.69) is 9.71 Å². The molecule has 2 rings (SSSR count). The molecule has 1 saturated heterocycles. The third-order valence-corrected chi connectivity index (χ3v) is 4.98. The highest BCUT2D eigenvalue weighted by atomic mass is 32.2. The van der Waals surface area contributed by atoms with Crippen LogP contribution in [0.15, 0.2) is 11.2 Å². The maximum atomic E-state index is 12.3. The SMILES string of the molecule is CCCn1cc(S(=O)(=O)NCC2(O)CCOCC2)nc1C. The van der Waals surface area contributed by atoms with Gasteiger partial charge in [-0.25, -0.2) is 18.1 Å². The summed E-state index contributed by atoms with van der Waals surface area (Å²) in [4.78, 5) is 4.09. The van der Waals surface area contributed by atoms with Crippen molar-refractivity contribution in [2.24, 2.45) is 0 Å². The van der Waals surface area contributed by atoms with Crippen LogP contribution in [0.5, 0.6) is 0 Å². The van der Waals surface area contributed by atoms with Crippen LogP contribution in [-0.2, 0) is 21.3 Å². The molecule has 1 fully saturated rings. The Labute approximate surface area is 125 Å². The number of ether oxygens (including phenoxy) is 1. The van der Waals surface area contributed by atoms with E-state index >= 15 is 0 Å². The molecule has 0 aromatic carbocycles. The molecule has 2 N–H and O–H groups in total. The van der Waals surface area contributed by atoms with Crippen molar-refractivity contribution in [1.82, 2.24) is 14.3 Å². The van der Waals surface area contributed by atoms with Gasteiger partial charge in [0.15, 0.2) is 5.03 Å². The summed E-state index contributed by atoms with van der Waals surface area (Å²) in [5, 5.41) is 10.3. The molecule has 120 valence electrons. The molecular formula is C13H23N3O4S. The van der Waals surface area contributed by atoms with Gasteiger partial charge >= 0.3 is 0 Å². The predicted octanol–water partition coefficient (Wildman–Crippen LogP) is 0.421. The number of imidazole rings is 1. The molecule has 1 aromatic heterocycles. The zero-order valence-corrected chi connectivity index (χ0v) is 13.3. The lowest BCUT2D eigenvalue weighted by atomic mass is 9.95. The molecule has 0 unspecified atom stereocenters. The van der Waals surface area contributed by atoms with Gasteiger partial charge in [-0.15, -0.1) is 0 Å². The van der Waals surface area contributed by atoms with Crippen molar-refractivity contribution < 1.29 is 18.3 Å². The molecule has 21 heavy (non-hydrogen) atoms. The zero-order chi connectivity index (χ0) is 15.5. The topological polar surface area (TPSA) is 93.5 Å². The summed E-state index contributed by atoms with van der Waals surface area (Å²) in [7, 11) is -3.70. The minimum atomic E-state index is -3.70. The fourth-order valence-corrected chi connectivity index (χ4v) is 3.43. The van der Waals surface area contributed by atoms with Crippen LogP contribution in [0, 0.1) is 6.92 Å². The summed E-state index contributed by atoms with van der Waals surface area (Å²) in [6.45, 7) is 5.41. The van der Waals surface area contributed by atoms with Crippen molar-refractivity contribution in [3.05, 3.63) is 12.0 Å². The van der Waals surface area contributed by atoms with Crippen molar-refractivity contribution in [3.8, 4) is 0 Å². The molecule has 0 amide bonds. The average Bonchev–Trinajstić information content (AvgIpc) is 2.81. The first-order valence-electron chi connectivity index (χ1n) is 7.20. The van der Waals surface area contributed by atoms with Gasteiger partial charge in [-0.2, -0.15) is 0 Å². The van der Waals surface area contributed by atoms with Crippen LogP contribution in [0.1, 0.15) is 32.0 Å². The largest absolute Gasteiger partial charge is 0.388 e. The summed E-state index contributed by atoms with van der Waals surface area (Å²) < 4.78 is 34.0. The molecule has 1 aliphatic rings. The van der Waals surface area contributed by atoms with E-state index in [1.807, 2.05) is 11.5 Å². The molecule has 0 saturated carbocycles. The number of aryl methyl sites for hydroxylation is 2. The molecule has 0 bridgehead atoms. The van der Waals surface area contributed by atoms with Crippen LogP contribution >= 0.6 is 0 Å². The van der Waals surface area contributed by atoms with E-state index in [0.29, 0.717) is 31.9 Å². The fraction of sp³-hybridized carbons (Fsp3) is 0.769.